The Bertz CT molecular complexity index is 1010. The van der Waals surface area contributed by atoms with E-state index in [2.05, 4.69) is 102 Å². The molecule has 0 spiro atoms. The number of benzene rings is 2. The molecular weight excluding hydrogens is 328 g/mol. The summed E-state index contributed by atoms with van der Waals surface area (Å²) < 4.78 is 2.30. The SMILES string of the molecule is CCCCN1C(=Cc2cc[n+](CC)c3ccccc23)C=Cc2ccccc21. The maximum Gasteiger partial charge on any atom is 0.213 e. The molecule has 0 bridgehead atoms. The van der Waals surface area contributed by atoms with Gasteiger partial charge in [0.05, 0.1) is 5.39 Å². The number of aryl methyl sites for hydroxylation is 1. The highest BCUT2D eigenvalue weighted by atomic mass is 15.1. The van der Waals surface area contributed by atoms with Crippen LogP contribution in [0.15, 0.2) is 72.6 Å². The van der Waals surface area contributed by atoms with Crippen molar-refractivity contribution in [3.05, 3.63) is 83.7 Å². The van der Waals surface area contributed by atoms with Crippen molar-refractivity contribution in [2.45, 2.75) is 33.2 Å². The molecule has 2 aromatic carbocycles. The first-order valence-electron chi connectivity index (χ1n) is 9.99. The van der Waals surface area contributed by atoms with Crippen LogP contribution in [0, 0.1) is 0 Å². The number of rotatable bonds is 5. The number of allylic oxidation sites excluding steroid dienone is 1. The Hall–Kier alpha value is -2.87. The first-order valence-corrected chi connectivity index (χ1v) is 9.99. The third-order valence-electron chi connectivity index (χ3n) is 5.31. The normalized spacial score (nSPS) is 14.7. The van der Waals surface area contributed by atoms with Crippen molar-refractivity contribution in [2.75, 3.05) is 11.4 Å². The first-order chi connectivity index (χ1) is 13.3. The molecule has 0 N–H and O–H groups in total. The molecule has 136 valence electrons. The summed E-state index contributed by atoms with van der Waals surface area (Å²) in [7, 11) is 0. The Morgan fingerprint density at radius 1 is 0.926 bits per heavy atom. The van der Waals surface area contributed by atoms with Crippen LogP contribution >= 0.6 is 0 Å². The number of fused-ring (bicyclic) bond motifs is 2. The molecule has 0 saturated carbocycles. The lowest BCUT2D eigenvalue weighted by atomic mass is 10.0. The molecule has 4 rings (SSSR count). The second-order valence-electron chi connectivity index (χ2n) is 7.04. The highest BCUT2D eigenvalue weighted by molar-refractivity contribution is 5.88. The summed E-state index contributed by atoms with van der Waals surface area (Å²) in [5, 5.41) is 1.30. The third kappa shape index (κ3) is 3.40. The van der Waals surface area contributed by atoms with Gasteiger partial charge in [0, 0.05) is 30.1 Å². The Balaban J connectivity index is 1.82. The third-order valence-corrected chi connectivity index (χ3v) is 5.31. The first kappa shape index (κ1) is 17.5. The predicted molar refractivity (Wildman–Crippen MR) is 116 cm³/mol. The molecule has 0 unspecified atom stereocenters. The molecule has 0 atom stereocenters. The lowest BCUT2D eigenvalue weighted by molar-refractivity contribution is -0.667. The summed E-state index contributed by atoms with van der Waals surface area (Å²) in [5.41, 5.74) is 6.43. The number of para-hydroxylation sites is 2. The zero-order valence-corrected chi connectivity index (χ0v) is 16.2. The average Bonchev–Trinajstić information content (AvgIpc) is 2.73. The molecule has 0 radical (unpaired) electrons. The molecule has 0 fully saturated rings. The van der Waals surface area contributed by atoms with Crippen LogP contribution < -0.4 is 9.47 Å². The van der Waals surface area contributed by atoms with Gasteiger partial charge in [0.1, 0.15) is 6.54 Å². The Labute approximate surface area is 162 Å². The maximum atomic E-state index is 2.47. The monoisotopic (exact) mass is 355 g/mol. The number of anilines is 1. The summed E-state index contributed by atoms with van der Waals surface area (Å²) >= 11 is 0. The Morgan fingerprint density at radius 3 is 2.59 bits per heavy atom. The molecule has 2 heteroatoms. The zero-order valence-electron chi connectivity index (χ0n) is 16.2. The number of aromatic nitrogens is 1. The van der Waals surface area contributed by atoms with Crippen LogP contribution in [-0.2, 0) is 6.54 Å². The van der Waals surface area contributed by atoms with Crippen LogP contribution in [0.2, 0.25) is 0 Å². The van der Waals surface area contributed by atoms with Crippen molar-refractivity contribution >= 4 is 28.7 Å². The van der Waals surface area contributed by atoms with Crippen molar-refractivity contribution in [3.63, 3.8) is 0 Å². The molecule has 0 amide bonds. The molecule has 0 saturated heterocycles. The summed E-state index contributed by atoms with van der Waals surface area (Å²) in [6.45, 7) is 6.47. The van der Waals surface area contributed by atoms with E-state index >= 15 is 0 Å². The van der Waals surface area contributed by atoms with Crippen molar-refractivity contribution in [2.24, 2.45) is 0 Å². The lowest BCUT2D eigenvalue weighted by Gasteiger charge is -2.30. The van der Waals surface area contributed by atoms with Crippen LogP contribution in [0.5, 0.6) is 0 Å². The number of unbranched alkanes of at least 4 members (excludes halogenated alkanes) is 1. The van der Waals surface area contributed by atoms with Crippen LogP contribution in [0.4, 0.5) is 5.69 Å². The maximum absolute atomic E-state index is 2.47. The van der Waals surface area contributed by atoms with Gasteiger partial charge in [-0.15, -0.1) is 0 Å². The van der Waals surface area contributed by atoms with E-state index in [-0.39, 0.29) is 0 Å². The molecule has 1 aromatic heterocycles. The van der Waals surface area contributed by atoms with E-state index in [1.54, 1.807) is 0 Å². The van der Waals surface area contributed by atoms with Gasteiger partial charge in [-0.1, -0.05) is 49.8 Å². The summed E-state index contributed by atoms with van der Waals surface area (Å²) in [6, 6.07) is 19.6. The van der Waals surface area contributed by atoms with Gasteiger partial charge in [-0.05, 0) is 48.8 Å². The highest BCUT2D eigenvalue weighted by Gasteiger charge is 2.17. The van der Waals surface area contributed by atoms with E-state index in [0.717, 1.165) is 13.1 Å². The van der Waals surface area contributed by atoms with Gasteiger partial charge >= 0.3 is 0 Å². The highest BCUT2D eigenvalue weighted by Crippen LogP contribution is 2.32. The molecule has 3 aromatic rings. The number of pyridine rings is 1. The van der Waals surface area contributed by atoms with Crippen molar-refractivity contribution in [1.82, 2.24) is 0 Å². The van der Waals surface area contributed by atoms with E-state index in [0.29, 0.717) is 0 Å². The molecular formula is C25H27N2+. The lowest BCUT2D eigenvalue weighted by Crippen LogP contribution is -2.32. The van der Waals surface area contributed by atoms with Crippen LogP contribution in [-0.4, -0.2) is 6.54 Å². The molecule has 27 heavy (non-hydrogen) atoms. The van der Waals surface area contributed by atoms with Gasteiger partial charge in [-0.25, -0.2) is 0 Å². The van der Waals surface area contributed by atoms with E-state index in [9.17, 15) is 0 Å². The van der Waals surface area contributed by atoms with Gasteiger partial charge in [0.25, 0.3) is 0 Å². The zero-order chi connectivity index (χ0) is 18.6. The molecule has 1 aliphatic rings. The number of hydrogen-bond acceptors (Lipinski definition) is 1. The predicted octanol–water partition coefficient (Wildman–Crippen LogP) is 5.82. The summed E-state index contributed by atoms with van der Waals surface area (Å²) in [5.74, 6) is 0. The van der Waals surface area contributed by atoms with E-state index in [1.807, 2.05) is 0 Å². The second-order valence-corrected chi connectivity index (χ2v) is 7.04. The quantitative estimate of drug-likeness (QED) is 0.523. The minimum atomic E-state index is 0.979. The van der Waals surface area contributed by atoms with Crippen LogP contribution in [0.1, 0.15) is 37.8 Å². The van der Waals surface area contributed by atoms with E-state index < -0.39 is 0 Å². The second kappa shape index (κ2) is 7.79. The van der Waals surface area contributed by atoms with E-state index in [4.69, 9.17) is 0 Å². The van der Waals surface area contributed by atoms with Gasteiger partial charge in [0.2, 0.25) is 5.52 Å². The van der Waals surface area contributed by atoms with Crippen molar-refractivity contribution < 1.29 is 4.57 Å². The summed E-state index contributed by atoms with van der Waals surface area (Å²) in [4.78, 5) is 2.47. The molecule has 0 aliphatic carbocycles. The number of hydrogen-bond donors (Lipinski definition) is 0. The van der Waals surface area contributed by atoms with Crippen LogP contribution in [0.25, 0.3) is 23.1 Å². The van der Waals surface area contributed by atoms with Crippen molar-refractivity contribution in [3.8, 4) is 0 Å². The fourth-order valence-corrected chi connectivity index (χ4v) is 3.84. The topological polar surface area (TPSA) is 7.12 Å². The largest absolute Gasteiger partial charge is 0.341 e. The smallest absolute Gasteiger partial charge is 0.213 e. The Kier molecular flexibility index (Phi) is 5.06. The molecule has 2 nitrogen and oxygen atoms in total. The van der Waals surface area contributed by atoms with E-state index in [1.165, 1.54) is 46.3 Å². The fraction of sp³-hybridized carbons (Fsp3) is 0.240. The summed E-state index contributed by atoms with van der Waals surface area (Å²) in [6.07, 6.45) is 11.4. The Morgan fingerprint density at radius 2 is 1.74 bits per heavy atom. The molecule has 1 aliphatic heterocycles. The van der Waals surface area contributed by atoms with Gasteiger partial charge < -0.3 is 4.90 Å². The molecule has 2 heterocycles. The average molecular weight is 356 g/mol. The van der Waals surface area contributed by atoms with Gasteiger partial charge in [-0.2, -0.15) is 4.57 Å². The minimum absolute atomic E-state index is 0.979. The van der Waals surface area contributed by atoms with Crippen LogP contribution in [0.3, 0.4) is 0 Å². The van der Waals surface area contributed by atoms with Gasteiger partial charge in [-0.3, -0.25) is 0 Å². The standard InChI is InChI=1S/C25H27N2/c1-3-5-17-27-22(15-14-20-10-6-8-12-24(20)27)19-21-16-18-26(4-2)25-13-9-7-11-23(21)25/h6-16,18-19H,3-5,17H2,1-2H3/q+1. The van der Waals surface area contributed by atoms with Gasteiger partial charge in [0.15, 0.2) is 6.20 Å². The fourth-order valence-electron chi connectivity index (χ4n) is 3.84. The number of nitrogens with zero attached hydrogens (tertiary/aromatic N) is 2. The minimum Gasteiger partial charge on any atom is -0.341 e. The van der Waals surface area contributed by atoms with Crippen molar-refractivity contribution in [1.29, 1.82) is 0 Å².